The minimum atomic E-state index is -0.0806. The smallest absolute Gasteiger partial charge is 0.307 e. The topological polar surface area (TPSA) is 47.6 Å². The van der Waals surface area contributed by atoms with E-state index in [1.807, 2.05) is 0 Å². The third-order valence-electron chi connectivity index (χ3n) is 7.16. The van der Waals surface area contributed by atoms with Crippen LogP contribution in [-0.4, -0.2) is 47.5 Å². The first-order valence-corrected chi connectivity index (χ1v) is 12.1. The fourth-order valence-corrected chi connectivity index (χ4v) is 6.10. The number of carbonyl (C=O) groups excluding carboxylic acids is 1. The largest absolute Gasteiger partial charge is 0.330 e. The Morgan fingerprint density at radius 2 is 1.83 bits per heavy atom. The summed E-state index contributed by atoms with van der Waals surface area (Å²) in [6.45, 7) is 4.55. The third-order valence-corrected chi connectivity index (χ3v) is 8.31. The summed E-state index contributed by atoms with van der Waals surface area (Å²) in [6, 6.07) is 3.87. The van der Waals surface area contributed by atoms with E-state index in [2.05, 4.69) is 53.3 Å². The molecule has 0 radical (unpaired) electrons. The van der Waals surface area contributed by atoms with Crippen LogP contribution in [0, 0.1) is 0 Å². The molecule has 0 aromatic heterocycles. The van der Waals surface area contributed by atoms with Crippen molar-refractivity contribution in [2.45, 2.75) is 89.8 Å². The van der Waals surface area contributed by atoms with Crippen LogP contribution in [0.1, 0.15) is 68.2 Å². The quantitative estimate of drug-likeness (QED) is 0.669. The van der Waals surface area contributed by atoms with Gasteiger partial charge in [0, 0.05) is 35.9 Å². The number of urea groups is 1. The lowest BCUT2D eigenvalue weighted by Crippen LogP contribution is -2.38. The highest BCUT2D eigenvalue weighted by atomic mass is 32.2. The molecule has 4 rings (SSSR count). The van der Waals surface area contributed by atoms with E-state index in [4.69, 9.17) is 0 Å². The molecule has 1 fully saturated rings. The van der Waals surface area contributed by atoms with Crippen LogP contribution in [0.4, 0.5) is 10.5 Å². The van der Waals surface area contributed by atoms with Crippen LogP contribution in [0.3, 0.4) is 0 Å². The SMILES string of the molecule is CC(CC1CCC(C)N1SNC(=O)Nc1c2c(cc3c1CCC3)CCC2)N(C)C. The first-order chi connectivity index (χ1) is 13.9. The Kier molecular flexibility index (Phi) is 6.42. The summed E-state index contributed by atoms with van der Waals surface area (Å²) in [5.41, 5.74) is 6.81. The molecule has 3 atom stereocenters. The number of anilines is 1. The number of benzene rings is 1. The van der Waals surface area contributed by atoms with Gasteiger partial charge in [-0.2, -0.15) is 0 Å². The van der Waals surface area contributed by atoms with Crippen molar-refractivity contribution < 1.29 is 4.79 Å². The highest BCUT2D eigenvalue weighted by molar-refractivity contribution is 7.95. The van der Waals surface area contributed by atoms with Crippen molar-refractivity contribution in [2.24, 2.45) is 0 Å². The lowest BCUT2D eigenvalue weighted by Gasteiger charge is -2.30. The van der Waals surface area contributed by atoms with Gasteiger partial charge in [-0.05, 0) is 108 Å². The molecule has 1 saturated heterocycles. The molecule has 160 valence electrons. The lowest BCUT2D eigenvalue weighted by atomic mass is 9.99. The van der Waals surface area contributed by atoms with Crippen molar-refractivity contribution in [3.63, 3.8) is 0 Å². The van der Waals surface area contributed by atoms with Gasteiger partial charge in [0.2, 0.25) is 0 Å². The molecular formula is C23H36N4OS. The minimum absolute atomic E-state index is 0.0806. The van der Waals surface area contributed by atoms with Gasteiger partial charge in [0.05, 0.1) is 0 Å². The molecule has 2 aliphatic carbocycles. The zero-order valence-electron chi connectivity index (χ0n) is 18.4. The van der Waals surface area contributed by atoms with Crippen LogP contribution in [0.25, 0.3) is 0 Å². The zero-order valence-corrected chi connectivity index (χ0v) is 19.2. The van der Waals surface area contributed by atoms with Gasteiger partial charge in [-0.15, -0.1) is 0 Å². The molecule has 3 unspecified atom stereocenters. The van der Waals surface area contributed by atoms with E-state index < -0.39 is 0 Å². The number of nitrogens with one attached hydrogen (secondary N) is 2. The molecule has 29 heavy (non-hydrogen) atoms. The van der Waals surface area contributed by atoms with Crippen LogP contribution in [0.5, 0.6) is 0 Å². The van der Waals surface area contributed by atoms with E-state index in [1.54, 1.807) is 0 Å². The van der Waals surface area contributed by atoms with E-state index in [0.717, 1.165) is 37.8 Å². The maximum atomic E-state index is 12.8. The molecule has 3 aliphatic rings. The molecule has 1 aliphatic heterocycles. The van der Waals surface area contributed by atoms with Gasteiger partial charge in [-0.25, -0.2) is 9.10 Å². The summed E-state index contributed by atoms with van der Waals surface area (Å²) in [6.07, 6.45) is 10.5. The van der Waals surface area contributed by atoms with E-state index >= 15 is 0 Å². The van der Waals surface area contributed by atoms with E-state index in [0.29, 0.717) is 18.1 Å². The Labute approximate surface area is 180 Å². The van der Waals surface area contributed by atoms with E-state index in [1.165, 1.54) is 60.1 Å². The molecule has 2 N–H and O–H groups in total. The second-order valence-electron chi connectivity index (χ2n) is 9.37. The summed E-state index contributed by atoms with van der Waals surface area (Å²) in [5, 5.41) is 3.25. The molecule has 1 aromatic rings. The number of nitrogens with zero attached hydrogens (tertiary/aromatic N) is 2. The van der Waals surface area contributed by atoms with Crippen LogP contribution in [0.2, 0.25) is 0 Å². The molecule has 0 saturated carbocycles. The molecule has 1 aromatic carbocycles. The standard InChI is InChI=1S/C23H36N4OS/c1-15-11-12-19(13-16(2)26(3)4)27(15)29-25-23(28)24-22-20-9-5-7-17(20)14-18-8-6-10-21(18)22/h14-16,19H,5-13H2,1-4H3,(H2,24,25,28). The number of aryl methyl sites for hydroxylation is 2. The fraction of sp³-hybridized carbons (Fsp3) is 0.696. The minimum Gasteiger partial charge on any atom is -0.307 e. The predicted molar refractivity (Wildman–Crippen MR) is 122 cm³/mol. The van der Waals surface area contributed by atoms with Crippen molar-refractivity contribution >= 4 is 23.9 Å². The van der Waals surface area contributed by atoms with Gasteiger partial charge < -0.3 is 10.2 Å². The van der Waals surface area contributed by atoms with Crippen LogP contribution in [-0.2, 0) is 25.7 Å². The number of rotatable bonds is 6. The molecular weight excluding hydrogens is 380 g/mol. The maximum Gasteiger partial charge on any atom is 0.330 e. The number of carbonyl (C=O) groups is 1. The maximum absolute atomic E-state index is 12.8. The lowest BCUT2D eigenvalue weighted by molar-refractivity contribution is 0.243. The molecule has 1 heterocycles. The Bertz CT molecular complexity index is 733. The van der Waals surface area contributed by atoms with Gasteiger partial charge in [-0.1, -0.05) is 6.07 Å². The van der Waals surface area contributed by atoms with Crippen molar-refractivity contribution in [1.82, 2.24) is 13.9 Å². The molecule has 0 spiro atoms. The van der Waals surface area contributed by atoms with Gasteiger partial charge in [-0.3, -0.25) is 4.72 Å². The van der Waals surface area contributed by atoms with Gasteiger partial charge in [0.25, 0.3) is 0 Å². The summed E-state index contributed by atoms with van der Waals surface area (Å²) >= 11 is 1.50. The monoisotopic (exact) mass is 416 g/mol. The van der Waals surface area contributed by atoms with Crippen LogP contribution in [0.15, 0.2) is 6.07 Å². The average Bonchev–Trinajstić information content (AvgIpc) is 3.40. The Morgan fingerprint density at radius 1 is 1.17 bits per heavy atom. The summed E-state index contributed by atoms with van der Waals surface area (Å²) < 4.78 is 5.50. The molecule has 0 bridgehead atoms. The third kappa shape index (κ3) is 4.44. The summed E-state index contributed by atoms with van der Waals surface area (Å²) in [7, 11) is 4.28. The zero-order chi connectivity index (χ0) is 20.5. The first-order valence-electron chi connectivity index (χ1n) is 11.3. The summed E-state index contributed by atoms with van der Waals surface area (Å²) in [4.78, 5) is 15.1. The highest BCUT2D eigenvalue weighted by Gasteiger charge is 2.33. The highest BCUT2D eigenvalue weighted by Crippen LogP contribution is 2.39. The number of fused-ring (bicyclic) bond motifs is 2. The van der Waals surface area contributed by atoms with Crippen LogP contribution >= 0.6 is 12.1 Å². The van der Waals surface area contributed by atoms with Crippen molar-refractivity contribution in [1.29, 1.82) is 0 Å². The Morgan fingerprint density at radius 3 is 2.45 bits per heavy atom. The number of hydrogen-bond acceptors (Lipinski definition) is 4. The Balaban J connectivity index is 1.39. The van der Waals surface area contributed by atoms with Gasteiger partial charge in [0.15, 0.2) is 0 Å². The first kappa shape index (κ1) is 21.0. The average molecular weight is 417 g/mol. The van der Waals surface area contributed by atoms with Crippen LogP contribution < -0.4 is 10.0 Å². The fourth-order valence-electron chi connectivity index (χ4n) is 5.24. The van der Waals surface area contributed by atoms with E-state index in [9.17, 15) is 4.79 Å². The predicted octanol–water partition coefficient (Wildman–Crippen LogP) is 4.54. The second kappa shape index (κ2) is 8.86. The van der Waals surface area contributed by atoms with Crippen molar-refractivity contribution in [2.75, 3.05) is 19.4 Å². The molecule has 2 amide bonds. The Hall–Kier alpha value is -1.24. The van der Waals surface area contributed by atoms with Crippen molar-refractivity contribution in [3.05, 3.63) is 28.3 Å². The normalized spacial score (nSPS) is 24.6. The molecule has 6 heteroatoms. The summed E-state index contributed by atoms with van der Waals surface area (Å²) in [5.74, 6) is 0. The van der Waals surface area contributed by atoms with E-state index in [-0.39, 0.29) is 6.03 Å². The van der Waals surface area contributed by atoms with Gasteiger partial charge >= 0.3 is 6.03 Å². The second-order valence-corrected chi connectivity index (χ2v) is 10.2. The van der Waals surface area contributed by atoms with Gasteiger partial charge in [0.1, 0.15) is 0 Å². The number of amides is 2. The van der Waals surface area contributed by atoms with Crippen molar-refractivity contribution in [3.8, 4) is 0 Å². The number of hydrogen-bond donors (Lipinski definition) is 2. The molecule has 5 nitrogen and oxygen atoms in total.